The van der Waals surface area contributed by atoms with Crippen LogP contribution >= 0.6 is 0 Å². The van der Waals surface area contributed by atoms with Crippen LogP contribution in [0.2, 0.25) is 0 Å². The highest BCUT2D eigenvalue weighted by Crippen LogP contribution is 2.39. The number of halogens is 2. The lowest BCUT2D eigenvalue weighted by Gasteiger charge is -2.20. The molecule has 1 fully saturated rings. The van der Waals surface area contributed by atoms with Crippen molar-refractivity contribution in [2.24, 2.45) is 0 Å². The lowest BCUT2D eigenvalue weighted by molar-refractivity contribution is 0.0792. The van der Waals surface area contributed by atoms with Crippen LogP contribution in [0.5, 0.6) is 0 Å². The predicted molar refractivity (Wildman–Crippen MR) is 69.1 cm³/mol. The molecule has 0 unspecified atom stereocenters. The molecule has 1 aromatic heterocycles. The fourth-order valence-corrected chi connectivity index (χ4v) is 2.52. The first-order valence-corrected chi connectivity index (χ1v) is 6.45. The molecule has 1 saturated heterocycles. The van der Waals surface area contributed by atoms with Gasteiger partial charge in [0.05, 0.1) is 5.56 Å². The van der Waals surface area contributed by atoms with Crippen molar-refractivity contribution in [2.45, 2.75) is 18.8 Å². The van der Waals surface area contributed by atoms with Gasteiger partial charge in [-0.15, -0.1) is 0 Å². The fraction of sp³-hybridized carbons (Fsp3) is 0.357. The van der Waals surface area contributed by atoms with Gasteiger partial charge in [0.2, 0.25) is 0 Å². The number of hydrogen-bond acceptors (Lipinski definition) is 4. The first-order chi connectivity index (χ1) is 9.66. The summed E-state index contributed by atoms with van der Waals surface area (Å²) >= 11 is 0. The number of benzene rings is 1. The van der Waals surface area contributed by atoms with E-state index in [0.29, 0.717) is 24.5 Å². The molecule has 0 spiro atoms. The van der Waals surface area contributed by atoms with E-state index in [0.717, 1.165) is 18.9 Å². The molecule has 106 valence electrons. The average Bonchev–Trinajstić information content (AvgIpc) is 2.82. The molecule has 0 saturated carbocycles. The Bertz CT molecular complexity index is 622. The normalized spacial score (nSPS) is 16.5. The smallest absolute Gasteiger partial charge is 0.175 e. The van der Waals surface area contributed by atoms with E-state index in [1.807, 2.05) is 0 Å². The number of anilines is 1. The Hall–Kier alpha value is -1.95. The largest absolute Gasteiger partial charge is 0.381 e. The summed E-state index contributed by atoms with van der Waals surface area (Å²) in [7, 11) is 0. The quantitative estimate of drug-likeness (QED) is 0.918. The monoisotopic (exact) mass is 280 g/mol. The van der Waals surface area contributed by atoms with Crippen molar-refractivity contribution in [3.05, 3.63) is 35.6 Å². The molecular formula is C14H14F2N2O2. The molecule has 2 heterocycles. The number of nitrogens with two attached hydrogens (primary N) is 1. The van der Waals surface area contributed by atoms with E-state index in [-0.39, 0.29) is 17.3 Å². The number of nitrogens with zero attached hydrogens (tertiary/aromatic N) is 1. The third-order valence-corrected chi connectivity index (χ3v) is 3.54. The predicted octanol–water partition coefficient (Wildman–Crippen LogP) is 3.10. The maximum absolute atomic E-state index is 14.0. The topological polar surface area (TPSA) is 61.3 Å². The van der Waals surface area contributed by atoms with Crippen LogP contribution in [0.1, 0.15) is 24.5 Å². The van der Waals surface area contributed by atoms with Crippen LogP contribution in [0.3, 0.4) is 0 Å². The summed E-state index contributed by atoms with van der Waals surface area (Å²) in [5.74, 6) is -0.539. The third kappa shape index (κ3) is 2.27. The number of nitrogen functional groups attached to an aromatic ring is 1. The highest BCUT2D eigenvalue weighted by atomic mass is 19.1. The summed E-state index contributed by atoms with van der Waals surface area (Å²) in [5, 5.41) is 3.73. The van der Waals surface area contributed by atoms with Gasteiger partial charge in [-0.2, -0.15) is 0 Å². The third-order valence-electron chi connectivity index (χ3n) is 3.54. The van der Waals surface area contributed by atoms with Crippen LogP contribution in [0, 0.1) is 11.6 Å². The van der Waals surface area contributed by atoms with Crippen molar-refractivity contribution in [1.29, 1.82) is 0 Å². The molecular weight excluding hydrogens is 266 g/mol. The standard InChI is InChI=1S/C14H14F2N2O2/c15-9-1-2-10(11(16)7-9)12-13(20-18-14(12)17)8-3-5-19-6-4-8/h1-2,7-8H,3-6H2,(H2,17,18). The second kappa shape index (κ2) is 5.20. The van der Waals surface area contributed by atoms with E-state index in [1.54, 1.807) is 0 Å². The van der Waals surface area contributed by atoms with Crippen LogP contribution in [0.25, 0.3) is 11.1 Å². The molecule has 1 aliphatic heterocycles. The molecule has 6 heteroatoms. The van der Waals surface area contributed by atoms with Gasteiger partial charge < -0.3 is 15.0 Å². The Labute approximate surface area is 114 Å². The summed E-state index contributed by atoms with van der Waals surface area (Å²) in [6.07, 6.45) is 1.54. The van der Waals surface area contributed by atoms with Crippen LogP contribution in [0.4, 0.5) is 14.6 Å². The zero-order chi connectivity index (χ0) is 14.1. The minimum absolute atomic E-state index is 0.0907. The SMILES string of the molecule is Nc1noc(C2CCOCC2)c1-c1ccc(F)cc1F. The molecule has 0 atom stereocenters. The van der Waals surface area contributed by atoms with E-state index in [1.165, 1.54) is 12.1 Å². The first kappa shape index (κ1) is 13.1. The van der Waals surface area contributed by atoms with E-state index >= 15 is 0 Å². The zero-order valence-electron chi connectivity index (χ0n) is 10.7. The van der Waals surface area contributed by atoms with Crippen LogP contribution in [0.15, 0.2) is 22.7 Å². The minimum atomic E-state index is -0.673. The maximum atomic E-state index is 14.0. The van der Waals surface area contributed by atoms with Crippen molar-refractivity contribution in [3.8, 4) is 11.1 Å². The Morgan fingerprint density at radius 3 is 2.65 bits per heavy atom. The van der Waals surface area contributed by atoms with E-state index in [2.05, 4.69) is 5.16 Å². The summed E-state index contributed by atoms with van der Waals surface area (Å²) in [4.78, 5) is 0. The van der Waals surface area contributed by atoms with Crippen molar-refractivity contribution in [2.75, 3.05) is 18.9 Å². The summed E-state index contributed by atoms with van der Waals surface area (Å²) in [6.45, 7) is 1.24. The van der Waals surface area contributed by atoms with Crippen LogP contribution in [-0.2, 0) is 4.74 Å². The highest BCUT2D eigenvalue weighted by Gasteiger charge is 2.27. The van der Waals surface area contributed by atoms with Gasteiger partial charge in [0, 0.05) is 30.8 Å². The van der Waals surface area contributed by atoms with Crippen molar-refractivity contribution in [3.63, 3.8) is 0 Å². The molecule has 0 aliphatic carbocycles. The number of rotatable bonds is 2. The first-order valence-electron chi connectivity index (χ1n) is 6.45. The van der Waals surface area contributed by atoms with Gasteiger partial charge in [-0.3, -0.25) is 0 Å². The molecule has 2 aromatic rings. The van der Waals surface area contributed by atoms with Gasteiger partial charge in [0.25, 0.3) is 0 Å². The van der Waals surface area contributed by atoms with Gasteiger partial charge in [0.15, 0.2) is 5.82 Å². The fourth-order valence-electron chi connectivity index (χ4n) is 2.52. The number of ether oxygens (including phenoxy) is 1. The second-order valence-corrected chi connectivity index (χ2v) is 4.82. The lowest BCUT2D eigenvalue weighted by atomic mass is 9.92. The molecule has 0 bridgehead atoms. The Morgan fingerprint density at radius 2 is 1.95 bits per heavy atom. The average molecular weight is 280 g/mol. The van der Waals surface area contributed by atoms with Gasteiger partial charge in [-0.05, 0) is 25.0 Å². The summed E-state index contributed by atoms with van der Waals surface area (Å²) in [6, 6.07) is 3.38. The second-order valence-electron chi connectivity index (χ2n) is 4.82. The Balaban J connectivity index is 2.06. The van der Waals surface area contributed by atoms with Crippen LogP contribution in [-0.4, -0.2) is 18.4 Å². The van der Waals surface area contributed by atoms with Gasteiger partial charge in [-0.1, -0.05) is 5.16 Å². The molecule has 0 radical (unpaired) electrons. The van der Waals surface area contributed by atoms with E-state index in [4.69, 9.17) is 15.0 Å². The highest BCUT2D eigenvalue weighted by molar-refractivity contribution is 5.76. The minimum Gasteiger partial charge on any atom is -0.381 e. The lowest BCUT2D eigenvalue weighted by Crippen LogP contribution is -2.14. The van der Waals surface area contributed by atoms with Gasteiger partial charge in [0.1, 0.15) is 17.4 Å². The van der Waals surface area contributed by atoms with Crippen molar-refractivity contribution in [1.82, 2.24) is 5.16 Å². The van der Waals surface area contributed by atoms with Crippen LogP contribution < -0.4 is 5.73 Å². The molecule has 2 N–H and O–H groups in total. The molecule has 1 aliphatic rings. The van der Waals surface area contributed by atoms with Crippen molar-refractivity contribution >= 4 is 5.82 Å². The molecule has 20 heavy (non-hydrogen) atoms. The van der Waals surface area contributed by atoms with Gasteiger partial charge >= 0.3 is 0 Å². The van der Waals surface area contributed by atoms with Crippen molar-refractivity contribution < 1.29 is 18.0 Å². The zero-order valence-corrected chi connectivity index (χ0v) is 10.7. The molecule has 3 rings (SSSR count). The van der Waals surface area contributed by atoms with Gasteiger partial charge in [-0.25, -0.2) is 8.78 Å². The maximum Gasteiger partial charge on any atom is 0.175 e. The molecule has 0 amide bonds. The number of aromatic nitrogens is 1. The Morgan fingerprint density at radius 1 is 1.20 bits per heavy atom. The van der Waals surface area contributed by atoms with E-state index < -0.39 is 11.6 Å². The number of hydrogen-bond donors (Lipinski definition) is 1. The van der Waals surface area contributed by atoms with E-state index in [9.17, 15) is 8.78 Å². The molecule has 1 aromatic carbocycles. The Kier molecular flexibility index (Phi) is 3.40. The summed E-state index contributed by atoms with van der Waals surface area (Å²) in [5.41, 5.74) is 6.43. The molecule has 4 nitrogen and oxygen atoms in total. The summed E-state index contributed by atoms with van der Waals surface area (Å²) < 4.78 is 37.5.